The summed E-state index contributed by atoms with van der Waals surface area (Å²) in [6, 6.07) is 2.84. The SMILES string of the molecule is O=C(NCC(Br)C1CC1)c1cc(F)ccc1[N+](=O)[O-]. The molecule has 0 spiro atoms. The van der Waals surface area contributed by atoms with Crippen LogP contribution in [-0.4, -0.2) is 22.2 Å². The summed E-state index contributed by atoms with van der Waals surface area (Å²) in [6.45, 7) is 0.372. The number of nitrogens with zero attached hydrogens (tertiary/aromatic N) is 1. The summed E-state index contributed by atoms with van der Waals surface area (Å²) in [6.07, 6.45) is 2.23. The van der Waals surface area contributed by atoms with Crippen LogP contribution in [-0.2, 0) is 0 Å². The van der Waals surface area contributed by atoms with Crippen molar-refractivity contribution in [2.24, 2.45) is 5.92 Å². The number of benzene rings is 1. The van der Waals surface area contributed by atoms with E-state index >= 15 is 0 Å². The number of carbonyl (C=O) groups excluding carboxylic acids is 1. The summed E-state index contributed by atoms with van der Waals surface area (Å²) >= 11 is 3.44. The van der Waals surface area contributed by atoms with E-state index in [1.165, 1.54) is 0 Å². The van der Waals surface area contributed by atoms with Gasteiger partial charge in [-0.2, -0.15) is 0 Å². The third kappa shape index (κ3) is 3.50. The maximum atomic E-state index is 13.1. The Kier molecular flexibility index (Phi) is 4.14. The van der Waals surface area contributed by atoms with Gasteiger partial charge in [0.15, 0.2) is 0 Å². The van der Waals surface area contributed by atoms with Crippen LogP contribution in [0.25, 0.3) is 0 Å². The molecule has 0 aliphatic heterocycles. The molecule has 19 heavy (non-hydrogen) atoms. The summed E-state index contributed by atoms with van der Waals surface area (Å²) < 4.78 is 13.1. The van der Waals surface area contributed by atoms with E-state index in [0.717, 1.165) is 31.0 Å². The molecule has 1 saturated carbocycles. The lowest BCUT2D eigenvalue weighted by molar-refractivity contribution is -0.385. The van der Waals surface area contributed by atoms with Gasteiger partial charge in [0, 0.05) is 17.4 Å². The van der Waals surface area contributed by atoms with Crippen LogP contribution in [0.15, 0.2) is 18.2 Å². The molecule has 0 aromatic heterocycles. The largest absolute Gasteiger partial charge is 0.351 e. The average Bonchev–Trinajstić information content (AvgIpc) is 3.19. The smallest absolute Gasteiger partial charge is 0.282 e. The molecule has 1 aliphatic rings. The van der Waals surface area contributed by atoms with Gasteiger partial charge in [0.1, 0.15) is 11.4 Å². The van der Waals surface area contributed by atoms with Crippen molar-refractivity contribution in [2.45, 2.75) is 17.7 Å². The molecule has 0 radical (unpaired) electrons. The monoisotopic (exact) mass is 330 g/mol. The first kappa shape index (κ1) is 13.9. The number of halogens is 2. The molecule has 1 aromatic carbocycles. The first-order chi connectivity index (χ1) is 8.99. The Morgan fingerprint density at radius 2 is 2.26 bits per heavy atom. The fourth-order valence-corrected chi connectivity index (χ4v) is 2.45. The van der Waals surface area contributed by atoms with Gasteiger partial charge in [-0.05, 0) is 30.9 Å². The molecule has 7 heteroatoms. The Bertz CT molecular complexity index is 520. The van der Waals surface area contributed by atoms with Gasteiger partial charge in [-0.25, -0.2) is 4.39 Å². The molecule has 1 fully saturated rings. The van der Waals surface area contributed by atoms with Crippen molar-refractivity contribution in [1.29, 1.82) is 0 Å². The number of nitrogens with one attached hydrogen (secondary N) is 1. The average molecular weight is 331 g/mol. The molecule has 2 rings (SSSR count). The van der Waals surface area contributed by atoms with Crippen molar-refractivity contribution >= 4 is 27.5 Å². The van der Waals surface area contributed by atoms with Crippen LogP contribution in [0.2, 0.25) is 0 Å². The van der Waals surface area contributed by atoms with Crippen molar-refractivity contribution in [1.82, 2.24) is 5.32 Å². The van der Waals surface area contributed by atoms with E-state index in [2.05, 4.69) is 21.2 Å². The summed E-state index contributed by atoms with van der Waals surface area (Å²) in [5, 5.41) is 13.4. The van der Waals surface area contributed by atoms with Crippen molar-refractivity contribution in [3.05, 3.63) is 39.7 Å². The molecule has 102 valence electrons. The topological polar surface area (TPSA) is 72.2 Å². The number of hydrogen-bond acceptors (Lipinski definition) is 3. The predicted octanol–water partition coefficient (Wildman–Crippen LogP) is 2.64. The number of nitro benzene ring substituents is 1. The lowest BCUT2D eigenvalue weighted by Gasteiger charge is -2.10. The van der Waals surface area contributed by atoms with Crippen molar-refractivity contribution < 1.29 is 14.1 Å². The second-order valence-corrected chi connectivity index (χ2v) is 5.66. The molecule has 1 aliphatic carbocycles. The molecule has 1 amide bonds. The zero-order chi connectivity index (χ0) is 14.0. The van der Waals surface area contributed by atoms with Gasteiger partial charge < -0.3 is 5.32 Å². The normalized spacial score (nSPS) is 15.9. The quantitative estimate of drug-likeness (QED) is 0.512. The molecule has 1 unspecified atom stereocenters. The predicted molar refractivity (Wildman–Crippen MR) is 70.8 cm³/mol. The van der Waals surface area contributed by atoms with E-state index in [9.17, 15) is 19.3 Å². The van der Waals surface area contributed by atoms with Gasteiger partial charge in [0.2, 0.25) is 0 Å². The van der Waals surface area contributed by atoms with Crippen molar-refractivity contribution in [2.75, 3.05) is 6.54 Å². The Morgan fingerprint density at radius 1 is 1.58 bits per heavy atom. The number of hydrogen-bond donors (Lipinski definition) is 1. The minimum atomic E-state index is -0.694. The minimum Gasteiger partial charge on any atom is -0.351 e. The van der Waals surface area contributed by atoms with E-state index in [1.807, 2.05) is 0 Å². The lowest BCUT2D eigenvalue weighted by atomic mass is 10.1. The summed E-state index contributed by atoms with van der Waals surface area (Å²) in [7, 11) is 0. The van der Waals surface area contributed by atoms with E-state index in [-0.39, 0.29) is 10.4 Å². The second kappa shape index (κ2) is 5.64. The number of carbonyl (C=O) groups is 1. The van der Waals surface area contributed by atoms with E-state index in [4.69, 9.17) is 0 Å². The first-order valence-electron chi connectivity index (χ1n) is 5.85. The number of alkyl halides is 1. The molecule has 1 N–H and O–H groups in total. The Morgan fingerprint density at radius 3 is 2.84 bits per heavy atom. The Balaban J connectivity index is 2.08. The van der Waals surface area contributed by atoms with Crippen LogP contribution in [0, 0.1) is 21.8 Å². The van der Waals surface area contributed by atoms with Gasteiger partial charge in [0.05, 0.1) is 4.92 Å². The third-order valence-electron chi connectivity index (χ3n) is 2.99. The van der Waals surface area contributed by atoms with Crippen LogP contribution >= 0.6 is 15.9 Å². The van der Waals surface area contributed by atoms with E-state index < -0.39 is 22.3 Å². The molecule has 0 bridgehead atoms. The standard InChI is InChI=1S/C12H12BrFN2O3/c13-10(7-1-2-7)6-15-12(17)9-5-8(14)3-4-11(9)16(18)19/h3-5,7,10H,1-2,6H2,(H,15,17). The Hall–Kier alpha value is -1.50. The third-order valence-corrected chi connectivity index (χ3v) is 4.06. The highest BCUT2D eigenvalue weighted by atomic mass is 79.9. The second-order valence-electron chi connectivity index (χ2n) is 4.48. The lowest BCUT2D eigenvalue weighted by Crippen LogP contribution is -2.30. The summed E-state index contributed by atoms with van der Waals surface area (Å²) in [5.41, 5.74) is -0.642. The number of rotatable bonds is 5. The summed E-state index contributed by atoms with van der Waals surface area (Å²) in [5.74, 6) is -0.757. The zero-order valence-electron chi connectivity index (χ0n) is 9.94. The maximum Gasteiger partial charge on any atom is 0.282 e. The molecular formula is C12H12BrFN2O3. The fraction of sp³-hybridized carbons (Fsp3) is 0.417. The van der Waals surface area contributed by atoms with Crippen LogP contribution in [0.3, 0.4) is 0 Å². The zero-order valence-corrected chi connectivity index (χ0v) is 11.5. The van der Waals surface area contributed by atoms with Gasteiger partial charge in [-0.15, -0.1) is 0 Å². The van der Waals surface area contributed by atoms with E-state index in [0.29, 0.717) is 12.5 Å². The molecule has 0 heterocycles. The van der Waals surface area contributed by atoms with Gasteiger partial charge in [0.25, 0.3) is 11.6 Å². The highest BCUT2D eigenvalue weighted by Crippen LogP contribution is 2.36. The molecular weight excluding hydrogens is 319 g/mol. The molecule has 1 atom stereocenters. The highest BCUT2D eigenvalue weighted by molar-refractivity contribution is 9.09. The van der Waals surface area contributed by atoms with Crippen LogP contribution < -0.4 is 5.32 Å². The first-order valence-corrected chi connectivity index (χ1v) is 6.77. The van der Waals surface area contributed by atoms with Crippen molar-refractivity contribution in [3.8, 4) is 0 Å². The van der Waals surface area contributed by atoms with Gasteiger partial charge in [-0.3, -0.25) is 14.9 Å². The Labute approximate surface area is 117 Å². The van der Waals surface area contributed by atoms with E-state index in [1.54, 1.807) is 0 Å². The van der Waals surface area contributed by atoms with Crippen LogP contribution in [0.1, 0.15) is 23.2 Å². The fourth-order valence-electron chi connectivity index (χ4n) is 1.76. The highest BCUT2D eigenvalue weighted by Gasteiger charge is 2.30. The number of nitro groups is 1. The van der Waals surface area contributed by atoms with Crippen LogP contribution in [0.5, 0.6) is 0 Å². The molecule has 0 saturated heterocycles. The molecule has 5 nitrogen and oxygen atoms in total. The van der Waals surface area contributed by atoms with Crippen molar-refractivity contribution in [3.63, 3.8) is 0 Å². The minimum absolute atomic E-state index is 0.157. The van der Waals surface area contributed by atoms with Gasteiger partial charge in [-0.1, -0.05) is 15.9 Å². The maximum absolute atomic E-state index is 13.1. The molecule has 1 aromatic rings. The number of amides is 1. The summed E-state index contributed by atoms with van der Waals surface area (Å²) in [4.78, 5) is 22.1. The van der Waals surface area contributed by atoms with Gasteiger partial charge >= 0.3 is 0 Å². The van der Waals surface area contributed by atoms with Crippen LogP contribution in [0.4, 0.5) is 10.1 Å².